The molecule has 1 unspecified atom stereocenters. The molecule has 1 aromatic heterocycles. The first kappa shape index (κ1) is 23.9. The number of hydrogen-bond acceptors (Lipinski definition) is 4. The molecule has 0 radical (unpaired) electrons. The first-order chi connectivity index (χ1) is 12.7. The summed E-state index contributed by atoms with van der Waals surface area (Å²) in [5.41, 5.74) is 1.31. The van der Waals surface area contributed by atoms with Crippen LogP contribution in [0.2, 0.25) is 5.02 Å². The predicted molar refractivity (Wildman–Crippen MR) is 114 cm³/mol. The number of carbonyl (C=O) groups is 2. The van der Waals surface area contributed by atoms with Crippen LogP contribution in [0.4, 0.5) is 5.69 Å². The second-order valence-electron chi connectivity index (χ2n) is 7.04. The molecular formula is C19H27Cl2N5O2. The van der Waals surface area contributed by atoms with E-state index in [1.54, 1.807) is 49.4 Å². The van der Waals surface area contributed by atoms with Gasteiger partial charge in [0.2, 0.25) is 5.91 Å². The third kappa shape index (κ3) is 5.95. The maximum Gasteiger partial charge on any atom is 0.253 e. The van der Waals surface area contributed by atoms with E-state index < -0.39 is 6.04 Å². The van der Waals surface area contributed by atoms with Crippen LogP contribution < -0.4 is 16.0 Å². The highest BCUT2D eigenvalue weighted by atomic mass is 35.5. The number of aryl methyl sites for hydroxylation is 1. The van der Waals surface area contributed by atoms with Gasteiger partial charge in [-0.05, 0) is 45.5 Å². The highest BCUT2D eigenvalue weighted by Gasteiger charge is 2.22. The fraction of sp³-hybridized carbons (Fsp3) is 0.421. The van der Waals surface area contributed by atoms with E-state index in [2.05, 4.69) is 21.0 Å². The van der Waals surface area contributed by atoms with E-state index in [1.165, 1.54) is 0 Å². The number of likely N-dealkylation sites (N-methyl/N-ethyl adjacent to an activating group) is 1. The minimum atomic E-state index is -0.550. The summed E-state index contributed by atoms with van der Waals surface area (Å²) in [5.74, 6) is -0.487. The summed E-state index contributed by atoms with van der Waals surface area (Å²) in [5, 5.41) is 13.1. The SMILES string of the molecule is CCC(C)(C)NC(=O)c1ccc(NC(=O)C(NC)c2cnn(C)c2)cc1Cl.Cl. The average Bonchev–Trinajstić information content (AvgIpc) is 3.01. The number of rotatable bonds is 7. The molecule has 0 aliphatic rings. The zero-order chi connectivity index (χ0) is 20.2. The molecule has 1 aromatic carbocycles. The zero-order valence-corrected chi connectivity index (χ0v) is 18.2. The fourth-order valence-electron chi connectivity index (χ4n) is 2.49. The average molecular weight is 428 g/mol. The number of aromatic nitrogens is 2. The van der Waals surface area contributed by atoms with Crippen LogP contribution in [0.1, 0.15) is 49.2 Å². The van der Waals surface area contributed by atoms with Crippen molar-refractivity contribution in [1.29, 1.82) is 0 Å². The fourth-order valence-corrected chi connectivity index (χ4v) is 2.76. The number of carbonyl (C=O) groups excluding carboxylic acids is 2. The van der Waals surface area contributed by atoms with Gasteiger partial charge in [-0.25, -0.2) is 0 Å². The van der Waals surface area contributed by atoms with E-state index in [0.717, 1.165) is 12.0 Å². The molecule has 7 nitrogen and oxygen atoms in total. The molecule has 2 amide bonds. The molecule has 154 valence electrons. The van der Waals surface area contributed by atoms with Gasteiger partial charge in [-0.2, -0.15) is 5.10 Å². The number of amides is 2. The zero-order valence-electron chi connectivity index (χ0n) is 16.7. The minimum Gasteiger partial charge on any atom is -0.347 e. The third-order valence-corrected chi connectivity index (χ3v) is 4.74. The van der Waals surface area contributed by atoms with Crippen LogP contribution >= 0.6 is 24.0 Å². The Morgan fingerprint density at radius 1 is 1.32 bits per heavy atom. The highest BCUT2D eigenvalue weighted by Crippen LogP contribution is 2.23. The van der Waals surface area contributed by atoms with E-state index in [9.17, 15) is 9.59 Å². The topological polar surface area (TPSA) is 88.1 Å². The summed E-state index contributed by atoms with van der Waals surface area (Å²) in [6.07, 6.45) is 4.21. The predicted octanol–water partition coefficient (Wildman–Crippen LogP) is 3.31. The third-order valence-electron chi connectivity index (χ3n) is 4.43. The Kier molecular flexibility index (Phi) is 8.48. The summed E-state index contributed by atoms with van der Waals surface area (Å²) in [6, 6.07) is 4.29. The normalized spacial score (nSPS) is 12.1. The Balaban J connectivity index is 0.00000392. The molecule has 0 aliphatic carbocycles. The smallest absolute Gasteiger partial charge is 0.253 e. The molecule has 2 aromatic rings. The summed E-state index contributed by atoms with van der Waals surface area (Å²) < 4.78 is 1.63. The number of halogens is 2. The summed E-state index contributed by atoms with van der Waals surface area (Å²) in [7, 11) is 3.49. The first-order valence-corrected chi connectivity index (χ1v) is 9.13. The van der Waals surface area contributed by atoms with E-state index in [-0.39, 0.29) is 34.8 Å². The molecule has 28 heavy (non-hydrogen) atoms. The molecule has 0 aliphatic heterocycles. The van der Waals surface area contributed by atoms with Crippen molar-refractivity contribution >= 4 is 41.5 Å². The van der Waals surface area contributed by atoms with E-state index >= 15 is 0 Å². The second-order valence-corrected chi connectivity index (χ2v) is 7.45. The standard InChI is InChI=1S/C19H26ClN5O2.ClH/c1-6-19(2,3)24-17(26)14-8-7-13(9-15(14)20)23-18(27)16(21-4)12-10-22-25(5)11-12;/h7-11,16,21H,6H2,1-5H3,(H,23,27)(H,24,26);1H. The van der Waals surface area contributed by atoms with Gasteiger partial charge in [-0.3, -0.25) is 14.3 Å². The Labute approximate surface area is 176 Å². The Morgan fingerprint density at radius 3 is 2.50 bits per heavy atom. The first-order valence-electron chi connectivity index (χ1n) is 8.75. The van der Waals surface area contributed by atoms with Gasteiger partial charge in [0, 0.05) is 30.0 Å². The molecule has 0 fully saturated rings. The quantitative estimate of drug-likeness (QED) is 0.632. The van der Waals surface area contributed by atoms with Crippen LogP contribution in [-0.2, 0) is 11.8 Å². The van der Waals surface area contributed by atoms with Crippen LogP contribution in [0.3, 0.4) is 0 Å². The number of hydrogen-bond donors (Lipinski definition) is 3. The van der Waals surface area contributed by atoms with Crippen molar-refractivity contribution in [3.8, 4) is 0 Å². The van der Waals surface area contributed by atoms with Gasteiger partial charge in [-0.1, -0.05) is 18.5 Å². The van der Waals surface area contributed by atoms with Gasteiger partial charge in [-0.15, -0.1) is 12.4 Å². The maximum atomic E-state index is 12.6. The van der Waals surface area contributed by atoms with Gasteiger partial charge in [0.25, 0.3) is 5.91 Å². The Morgan fingerprint density at radius 2 is 2.00 bits per heavy atom. The van der Waals surface area contributed by atoms with Crippen molar-refractivity contribution in [3.63, 3.8) is 0 Å². The van der Waals surface area contributed by atoms with Crippen LogP contribution in [0, 0.1) is 0 Å². The molecule has 2 rings (SSSR count). The highest BCUT2D eigenvalue weighted by molar-refractivity contribution is 6.34. The molecule has 0 saturated heterocycles. The van der Waals surface area contributed by atoms with Crippen molar-refractivity contribution in [1.82, 2.24) is 20.4 Å². The van der Waals surface area contributed by atoms with E-state index in [0.29, 0.717) is 11.3 Å². The van der Waals surface area contributed by atoms with Crippen LogP contribution in [0.25, 0.3) is 0 Å². The Hall–Kier alpha value is -2.09. The lowest BCUT2D eigenvalue weighted by atomic mass is 10.0. The molecule has 0 saturated carbocycles. The maximum absolute atomic E-state index is 12.6. The number of benzene rings is 1. The molecule has 1 atom stereocenters. The van der Waals surface area contributed by atoms with Gasteiger partial charge < -0.3 is 16.0 Å². The summed E-state index contributed by atoms with van der Waals surface area (Å²) in [4.78, 5) is 25.0. The number of anilines is 1. The second kappa shape index (κ2) is 9.91. The van der Waals surface area contributed by atoms with Crippen molar-refractivity contribution in [3.05, 3.63) is 46.7 Å². The largest absolute Gasteiger partial charge is 0.347 e. The minimum absolute atomic E-state index is 0. The van der Waals surface area contributed by atoms with Crippen LogP contribution in [-0.4, -0.2) is 34.2 Å². The monoisotopic (exact) mass is 427 g/mol. The van der Waals surface area contributed by atoms with E-state index in [4.69, 9.17) is 11.6 Å². The van der Waals surface area contributed by atoms with Gasteiger partial charge >= 0.3 is 0 Å². The van der Waals surface area contributed by atoms with Gasteiger partial charge in [0.05, 0.1) is 16.8 Å². The molecule has 1 heterocycles. The van der Waals surface area contributed by atoms with Crippen molar-refractivity contribution in [2.45, 2.75) is 38.8 Å². The molecule has 0 spiro atoms. The summed E-state index contributed by atoms with van der Waals surface area (Å²) >= 11 is 6.27. The van der Waals surface area contributed by atoms with Crippen LogP contribution in [0.5, 0.6) is 0 Å². The lowest BCUT2D eigenvalue weighted by Crippen LogP contribution is -2.42. The van der Waals surface area contributed by atoms with Gasteiger partial charge in [0.1, 0.15) is 6.04 Å². The molecule has 3 N–H and O–H groups in total. The Bertz CT molecular complexity index is 835. The molecule has 9 heteroatoms. The molecule has 0 bridgehead atoms. The summed E-state index contributed by atoms with van der Waals surface area (Å²) in [6.45, 7) is 5.90. The van der Waals surface area contributed by atoms with E-state index in [1.807, 2.05) is 20.8 Å². The number of nitrogens with zero attached hydrogens (tertiary/aromatic N) is 2. The van der Waals surface area contributed by atoms with Crippen molar-refractivity contribution < 1.29 is 9.59 Å². The number of nitrogens with one attached hydrogen (secondary N) is 3. The lowest BCUT2D eigenvalue weighted by molar-refractivity contribution is -0.118. The van der Waals surface area contributed by atoms with Crippen molar-refractivity contribution in [2.75, 3.05) is 12.4 Å². The lowest BCUT2D eigenvalue weighted by Gasteiger charge is -2.24. The molecular weight excluding hydrogens is 401 g/mol. The van der Waals surface area contributed by atoms with Gasteiger partial charge in [0.15, 0.2) is 0 Å². The van der Waals surface area contributed by atoms with Crippen molar-refractivity contribution in [2.24, 2.45) is 7.05 Å². The van der Waals surface area contributed by atoms with Crippen LogP contribution in [0.15, 0.2) is 30.6 Å².